The molecule has 1 N–H and O–H groups in total. The van der Waals surface area contributed by atoms with Crippen LogP contribution in [0.3, 0.4) is 0 Å². The summed E-state index contributed by atoms with van der Waals surface area (Å²) in [5, 5.41) is 3.39. The SMILES string of the molecule is Cc1cc(=O)n(CC(=O)Nc2ccc(Cl)cc2)c(N2CCC(C)CC2)n1. The highest BCUT2D eigenvalue weighted by molar-refractivity contribution is 6.30. The van der Waals surface area contributed by atoms with Crippen LogP contribution in [0.1, 0.15) is 25.5 Å². The van der Waals surface area contributed by atoms with Crippen LogP contribution in [0.5, 0.6) is 0 Å². The number of aryl methyl sites for hydroxylation is 1. The molecule has 2 aromatic rings. The summed E-state index contributed by atoms with van der Waals surface area (Å²) in [5.41, 5.74) is 1.09. The Morgan fingerprint density at radius 1 is 1.27 bits per heavy atom. The van der Waals surface area contributed by atoms with Gasteiger partial charge in [-0.1, -0.05) is 18.5 Å². The maximum absolute atomic E-state index is 12.5. The lowest BCUT2D eigenvalue weighted by Crippen LogP contribution is -2.39. The standard InChI is InChI=1S/C19H23ClN4O2/c1-13-7-9-23(10-8-13)19-21-14(2)11-18(26)24(19)12-17(25)22-16-5-3-15(20)4-6-16/h3-6,11,13H,7-10,12H2,1-2H3,(H,22,25). The molecule has 138 valence electrons. The maximum Gasteiger partial charge on any atom is 0.255 e. The van der Waals surface area contributed by atoms with E-state index in [1.54, 1.807) is 31.2 Å². The third-order valence-electron chi connectivity index (χ3n) is 4.61. The number of carbonyl (C=O) groups excluding carboxylic acids is 1. The van der Waals surface area contributed by atoms with Crippen LogP contribution in [-0.2, 0) is 11.3 Å². The van der Waals surface area contributed by atoms with Crippen molar-refractivity contribution in [3.63, 3.8) is 0 Å². The average Bonchev–Trinajstić information content (AvgIpc) is 2.60. The number of benzene rings is 1. The number of piperidine rings is 1. The van der Waals surface area contributed by atoms with Crippen molar-refractivity contribution in [2.75, 3.05) is 23.3 Å². The third kappa shape index (κ3) is 4.43. The van der Waals surface area contributed by atoms with Gasteiger partial charge in [0.05, 0.1) is 0 Å². The van der Waals surface area contributed by atoms with Crippen LogP contribution in [0.2, 0.25) is 5.02 Å². The number of aromatic nitrogens is 2. The zero-order valence-corrected chi connectivity index (χ0v) is 15.8. The maximum atomic E-state index is 12.5. The van der Waals surface area contributed by atoms with E-state index in [1.807, 2.05) is 0 Å². The molecule has 1 fully saturated rings. The first-order valence-electron chi connectivity index (χ1n) is 8.81. The van der Waals surface area contributed by atoms with Gasteiger partial charge in [0.15, 0.2) is 0 Å². The van der Waals surface area contributed by atoms with Crippen molar-refractivity contribution < 1.29 is 4.79 Å². The van der Waals surface area contributed by atoms with E-state index in [9.17, 15) is 9.59 Å². The highest BCUT2D eigenvalue weighted by Gasteiger charge is 2.21. The lowest BCUT2D eigenvalue weighted by molar-refractivity contribution is -0.116. The Kier molecular flexibility index (Phi) is 5.61. The van der Waals surface area contributed by atoms with E-state index in [-0.39, 0.29) is 18.0 Å². The fourth-order valence-corrected chi connectivity index (χ4v) is 3.21. The molecule has 0 unspecified atom stereocenters. The molecule has 0 spiro atoms. The zero-order chi connectivity index (χ0) is 18.7. The molecule has 1 aromatic carbocycles. The zero-order valence-electron chi connectivity index (χ0n) is 15.0. The Morgan fingerprint density at radius 2 is 1.92 bits per heavy atom. The highest BCUT2D eigenvalue weighted by atomic mass is 35.5. The van der Waals surface area contributed by atoms with Crippen LogP contribution in [0, 0.1) is 12.8 Å². The molecule has 0 radical (unpaired) electrons. The molecule has 0 atom stereocenters. The lowest BCUT2D eigenvalue weighted by Gasteiger charge is -2.32. The first kappa shape index (κ1) is 18.5. The van der Waals surface area contributed by atoms with Gasteiger partial charge in [-0.05, 0) is 49.9 Å². The molecule has 26 heavy (non-hydrogen) atoms. The average molecular weight is 375 g/mol. The molecule has 1 aromatic heterocycles. The molecule has 0 aliphatic carbocycles. The van der Waals surface area contributed by atoms with Gasteiger partial charge in [0.25, 0.3) is 5.56 Å². The molecule has 3 rings (SSSR count). The molecule has 2 heterocycles. The molecule has 0 saturated carbocycles. The number of hydrogen-bond donors (Lipinski definition) is 1. The first-order valence-corrected chi connectivity index (χ1v) is 9.19. The van der Waals surface area contributed by atoms with Gasteiger partial charge in [-0.2, -0.15) is 0 Å². The number of nitrogens with zero attached hydrogens (tertiary/aromatic N) is 3. The van der Waals surface area contributed by atoms with Gasteiger partial charge in [0.1, 0.15) is 6.54 Å². The molecular formula is C19H23ClN4O2. The van der Waals surface area contributed by atoms with E-state index in [1.165, 1.54) is 10.6 Å². The summed E-state index contributed by atoms with van der Waals surface area (Å²) < 4.78 is 1.45. The fourth-order valence-electron chi connectivity index (χ4n) is 3.08. The van der Waals surface area contributed by atoms with Crippen LogP contribution in [0.4, 0.5) is 11.6 Å². The minimum atomic E-state index is -0.272. The molecule has 1 saturated heterocycles. The molecule has 1 aliphatic rings. The number of rotatable bonds is 4. The van der Waals surface area contributed by atoms with Crippen LogP contribution in [0.15, 0.2) is 35.1 Å². The largest absolute Gasteiger partial charge is 0.342 e. The van der Waals surface area contributed by atoms with Crippen molar-refractivity contribution >= 4 is 29.1 Å². The molecular weight excluding hydrogens is 352 g/mol. The summed E-state index contributed by atoms with van der Waals surface area (Å²) in [6.07, 6.45) is 2.11. The summed E-state index contributed by atoms with van der Waals surface area (Å²) in [6.45, 7) is 5.64. The van der Waals surface area contributed by atoms with Crippen molar-refractivity contribution in [3.05, 3.63) is 51.4 Å². The van der Waals surface area contributed by atoms with Gasteiger partial charge in [0, 0.05) is 35.6 Å². The number of amides is 1. The summed E-state index contributed by atoms with van der Waals surface area (Å²) in [5.74, 6) is 0.976. The van der Waals surface area contributed by atoms with Crippen LogP contribution in [-0.4, -0.2) is 28.5 Å². The van der Waals surface area contributed by atoms with Gasteiger partial charge in [-0.25, -0.2) is 4.98 Å². The Morgan fingerprint density at radius 3 is 2.58 bits per heavy atom. The fraction of sp³-hybridized carbons (Fsp3) is 0.421. The second-order valence-electron chi connectivity index (χ2n) is 6.85. The number of nitrogens with one attached hydrogen (secondary N) is 1. The minimum Gasteiger partial charge on any atom is -0.342 e. The summed E-state index contributed by atoms with van der Waals surface area (Å²) in [7, 11) is 0. The molecule has 7 heteroatoms. The number of halogens is 1. The number of anilines is 2. The topological polar surface area (TPSA) is 67.2 Å². The Labute approximate surface area is 157 Å². The van der Waals surface area contributed by atoms with Gasteiger partial charge in [-0.15, -0.1) is 0 Å². The normalized spacial score (nSPS) is 15.1. The monoisotopic (exact) mass is 374 g/mol. The summed E-state index contributed by atoms with van der Waals surface area (Å²) in [4.78, 5) is 31.6. The van der Waals surface area contributed by atoms with Crippen molar-refractivity contribution in [3.8, 4) is 0 Å². The third-order valence-corrected chi connectivity index (χ3v) is 4.86. The van der Waals surface area contributed by atoms with Crippen molar-refractivity contribution in [1.82, 2.24) is 9.55 Å². The molecule has 6 nitrogen and oxygen atoms in total. The van der Waals surface area contributed by atoms with Crippen molar-refractivity contribution in [2.45, 2.75) is 33.2 Å². The Balaban J connectivity index is 1.81. The van der Waals surface area contributed by atoms with E-state index >= 15 is 0 Å². The van der Waals surface area contributed by atoms with Gasteiger partial charge in [0.2, 0.25) is 11.9 Å². The predicted molar refractivity (Wildman–Crippen MR) is 104 cm³/mol. The smallest absolute Gasteiger partial charge is 0.255 e. The lowest BCUT2D eigenvalue weighted by atomic mass is 10.00. The molecule has 1 amide bonds. The number of hydrogen-bond acceptors (Lipinski definition) is 4. The summed E-state index contributed by atoms with van der Waals surface area (Å²) >= 11 is 5.86. The van der Waals surface area contributed by atoms with E-state index in [0.717, 1.165) is 25.9 Å². The van der Waals surface area contributed by atoms with Gasteiger partial charge >= 0.3 is 0 Å². The van der Waals surface area contributed by atoms with Crippen molar-refractivity contribution in [1.29, 1.82) is 0 Å². The van der Waals surface area contributed by atoms with Crippen LogP contribution in [0.25, 0.3) is 0 Å². The van der Waals surface area contributed by atoms with Crippen molar-refractivity contribution in [2.24, 2.45) is 5.92 Å². The van der Waals surface area contributed by atoms with E-state index in [0.29, 0.717) is 28.3 Å². The molecule has 1 aliphatic heterocycles. The predicted octanol–water partition coefficient (Wildman–Crippen LogP) is 3.08. The Hall–Kier alpha value is -2.34. The summed E-state index contributed by atoms with van der Waals surface area (Å²) in [6, 6.07) is 8.33. The first-order chi connectivity index (χ1) is 12.4. The van der Waals surface area contributed by atoms with Crippen LogP contribution >= 0.6 is 11.6 Å². The van der Waals surface area contributed by atoms with Crippen LogP contribution < -0.4 is 15.8 Å². The van der Waals surface area contributed by atoms with E-state index in [2.05, 4.69) is 22.1 Å². The molecule has 0 bridgehead atoms. The quantitative estimate of drug-likeness (QED) is 0.893. The minimum absolute atomic E-state index is 0.0733. The van der Waals surface area contributed by atoms with Gasteiger partial charge < -0.3 is 10.2 Å². The highest BCUT2D eigenvalue weighted by Crippen LogP contribution is 2.21. The Bertz CT molecular complexity index is 840. The number of carbonyl (C=O) groups is 1. The van der Waals surface area contributed by atoms with E-state index in [4.69, 9.17) is 11.6 Å². The van der Waals surface area contributed by atoms with E-state index < -0.39 is 0 Å². The second kappa shape index (κ2) is 7.91. The van der Waals surface area contributed by atoms with Gasteiger partial charge in [-0.3, -0.25) is 14.2 Å². The second-order valence-corrected chi connectivity index (χ2v) is 7.28.